The molecule has 1 aromatic carbocycles. The predicted molar refractivity (Wildman–Crippen MR) is 110 cm³/mol. The molecule has 6 heteroatoms. The summed E-state index contributed by atoms with van der Waals surface area (Å²) in [5.74, 6) is 0.915. The number of aromatic nitrogens is 2. The number of allylic oxidation sites excluding steroid dienone is 2. The fourth-order valence-corrected chi connectivity index (χ4v) is 5.42. The summed E-state index contributed by atoms with van der Waals surface area (Å²) in [6.07, 6.45) is 2.09. The van der Waals surface area contributed by atoms with Gasteiger partial charge in [-0.2, -0.15) is 10.4 Å². The molecule has 0 spiro atoms. The van der Waals surface area contributed by atoms with Crippen LogP contribution in [0.3, 0.4) is 0 Å². The molecule has 0 unspecified atom stereocenters. The topological polar surface area (TPSA) is 90.9 Å². The van der Waals surface area contributed by atoms with E-state index in [2.05, 4.69) is 18.3 Å². The minimum atomic E-state index is -0.499. The number of aliphatic hydroxyl groups excluding tert-OH is 1. The molecule has 150 valence electrons. The van der Waals surface area contributed by atoms with Crippen molar-refractivity contribution in [2.75, 3.05) is 5.32 Å². The number of nitriles is 1. The molecule has 1 amide bonds. The van der Waals surface area contributed by atoms with Gasteiger partial charge in [-0.1, -0.05) is 39.0 Å². The van der Waals surface area contributed by atoms with Gasteiger partial charge in [0.1, 0.15) is 11.6 Å². The summed E-state index contributed by atoms with van der Waals surface area (Å²) in [6.45, 7) is 6.15. The molecule has 2 atom stereocenters. The van der Waals surface area contributed by atoms with Crippen molar-refractivity contribution in [1.29, 1.82) is 5.26 Å². The number of rotatable bonds is 2. The number of nitrogens with zero attached hydrogens (tertiary/aromatic N) is 3. The molecule has 1 heterocycles. The van der Waals surface area contributed by atoms with Crippen LogP contribution in [0.15, 0.2) is 41.7 Å². The van der Waals surface area contributed by atoms with Crippen molar-refractivity contribution in [3.63, 3.8) is 0 Å². The van der Waals surface area contributed by atoms with Crippen LogP contribution in [0.1, 0.15) is 55.2 Å². The minimum absolute atomic E-state index is 0.159. The highest BCUT2D eigenvalue weighted by Gasteiger charge is 2.55. The molecule has 0 radical (unpaired) electrons. The van der Waals surface area contributed by atoms with Crippen LogP contribution in [0, 0.1) is 22.7 Å². The number of hydrogen-bond donors (Lipinski definition) is 2. The lowest BCUT2D eigenvalue weighted by molar-refractivity contribution is 0.0633. The number of carbonyl (C=O) groups is 1. The summed E-state index contributed by atoms with van der Waals surface area (Å²) >= 11 is 0. The number of aliphatic hydroxyl groups is 1. The van der Waals surface area contributed by atoms with Crippen LogP contribution in [0.25, 0.3) is 0 Å². The van der Waals surface area contributed by atoms with Crippen molar-refractivity contribution in [2.24, 2.45) is 18.4 Å². The van der Waals surface area contributed by atoms with Gasteiger partial charge in [-0.25, -0.2) is 0 Å². The van der Waals surface area contributed by atoms with E-state index in [1.165, 1.54) is 0 Å². The van der Waals surface area contributed by atoms with Gasteiger partial charge in [0.25, 0.3) is 5.91 Å². The number of fused-ring (bicyclic) bond motifs is 3. The van der Waals surface area contributed by atoms with E-state index in [1.807, 2.05) is 39.1 Å². The van der Waals surface area contributed by atoms with E-state index >= 15 is 0 Å². The van der Waals surface area contributed by atoms with Gasteiger partial charge in [-0.05, 0) is 37.3 Å². The molecule has 0 saturated carbocycles. The molecule has 0 fully saturated rings. The second-order valence-corrected chi connectivity index (χ2v) is 8.97. The smallest absolute Gasteiger partial charge is 0.256 e. The van der Waals surface area contributed by atoms with E-state index in [0.717, 1.165) is 24.1 Å². The Balaban J connectivity index is 1.77. The highest BCUT2D eigenvalue weighted by atomic mass is 16.3. The first kappa shape index (κ1) is 19.3. The molecule has 2 aromatic rings. The Hall–Kier alpha value is -3.07. The number of benzene rings is 1. The third-order valence-electron chi connectivity index (χ3n) is 6.85. The zero-order chi connectivity index (χ0) is 21.0. The fraction of sp³-hybridized carbons (Fsp3) is 0.435. The number of nitrogens with one attached hydrogen (secondary N) is 1. The van der Waals surface area contributed by atoms with E-state index in [-0.39, 0.29) is 23.0 Å². The maximum atomic E-state index is 12.7. The number of hydrogen-bond acceptors (Lipinski definition) is 4. The van der Waals surface area contributed by atoms with Gasteiger partial charge in [0.05, 0.1) is 17.3 Å². The third-order valence-corrected chi connectivity index (χ3v) is 6.85. The van der Waals surface area contributed by atoms with Gasteiger partial charge in [-0.15, -0.1) is 0 Å². The lowest BCUT2D eigenvalue weighted by atomic mass is 9.52. The van der Waals surface area contributed by atoms with Crippen LogP contribution in [0.2, 0.25) is 0 Å². The molecule has 1 aromatic heterocycles. The number of amides is 1. The number of anilines is 1. The monoisotopic (exact) mass is 390 g/mol. The molecule has 0 aliphatic heterocycles. The molecule has 0 saturated heterocycles. The highest BCUT2D eigenvalue weighted by molar-refractivity contribution is 6.04. The first-order valence-electron chi connectivity index (χ1n) is 9.95. The molecular weight excluding hydrogens is 364 g/mol. The van der Waals surface area contributed by atoms with Crippen LogP contribution in [-0.4, -0.2) is 20.8 Å². The zero-order valence-corrected chi connectivity index (χ0v) is 17.3. The van der Waals surface area contributed by atoms with Crippen molar-refractivity contribution in [3.8, 4) is 6.07 Å². The zero-order valence-electron chi connectivity index (χ0n) is 17.3. The second kappa shape index (κ2) is 6.48. The molecule has 2 aliphatic carbocycles. The Labute approximate surface area is 170 Å². The van der Waals surface area contributed by atoms with Crippen molar-refractivity contribution in [1.82, 2.24) is 9.78 Å². The summed E-state index contributed by atoms with van der Waals surface area (Å²) in [7, 11) is 1.84. The molecular formula is C23H26N4O2. The predicted octanol–water partition coefficient (Wildman–Crippen LogP) is 4.26. The van der Waals surface area contributed by atoms with E-state index < -0.39 is 5.41 Å². The first-order valence-corrected chi connectivity index (χ1v) is 9.95. The van der Waals surface area contributed by atoms with Crippen LogP contribution in [0.5, 0.6) is 0 Å². The van der Waals surface area contributed by atoms with Crippen molar-refractivity contribution < 1.29 is 9.90 Å². The van der Waals surface area contributed by atoms with Crippen molar-refractivity contribution in [2.45, 2.75) is 45.4 Å². The van der Waals surface area contributed by atoms with Crippen LogP contribution in [0.4, 0.5) is 5.82 Å². The maximum absolute atomic E-state index is 12.7. The van der Waals surface area contributed by atoms with E-state index in [9.17, 15) is 15.2 Å². The maximum Gasteiger partial charge on any atom is 0.256 e. The summed E-state index contributed by atoms with van der Waals surface area (Å²) in [6, 6.07) is 11.3. The summed E-state index contributed by atoms with van der Waals surface area (Å²) in [4.78, 5) is 12.7. The van der Waals surface area contributed by atoms with Gasteiger partial charge in [-0.3, -0.25) is 9.48 Å². The van der Waals surface area contributed by atoms with Crippen LogP contribution < -0.4 is 5.32 Å². The fourth-order valence-electron chi connectivity index (χ4n) is 5.42. The van der Waals surface area contributed by atoms with E-state index in [0.29, 0.717) is 23.4 Å². The standard InChI is InChI=1S/C23H26N4O2/c1-22(2)17-11-10-16-18(23(17,3)12-15(13-24)19(22)28)26-27(4)20(16)25-21(29)14-8-6-5-7-9-14/h5-9,17,28H,10-12H2,1-4H3,(H,25,29)/t17-,23-/m0/s1. The summed E-state index contributed by atoms with van der Waals surface area (Å²) < 4.78 is 1.73. The van der Waals surface area contributed by atoms with E-state index in [4.69, 9.17) is 5.10 Å². The molecule has 0 bridgehead atoms. The SMILES string of the molecule is Cn1nc2c(c1NC(=O)c1ccccc1)CC[C@H]1C(C)(C)C(O)=C(C#N)C[C@]21C. The third kappa shape index (κ3) is 2.76. The Bertz CT molecular complexity index is 1060. The van der Waals surface area contributed by atoms with E-state index in [1.54, 1.807) is 16.8 Å². The molecule has 29 heavy (non-hydrogen) atoms. The largest absolute Gasteiger partial charge is 0.511 e. The van der Waals surface area contributed by atoms with Gasteiger partial charge < -0.3 is 10.4 Å². The van der Waals surface area contributed by atoms with Crippen molar-refractivity contribution in [3.05, 3.63) is 58.5 Å². The number of aryl methyl sites for hydroxylation is 1. The van der Waals surface area contributed by atoms with Crippen LogP contribution in [-0.2, 0) is 18.9 Å². The van der Waals surface area contributed by atoms with Gasteiger partial charge in [0, 0.05) is 29.0 Å². The Kier molecular flexibility index (Phi) is 4.30. The first-order chi connectivity index (χ1) is 13.7. The van der Waals surface area contributed by atoms with Crippen LogP contribution >= 0.6 is 0 Å². The summed E-state index contributed by atoms with van der Waals surface area (Å²) in [5.41, 5.74) is 2.11. The van der Waals surface area contributed by atoms with Crippen molar-refractivity contribution >= 4 is 11.7 Å². The molecule has 4 rings (SSSR count). The number of carbonyl (C=O) groups excluding carboxylic acids is 1. The highest BCUT2D eigenvalue weighted by Crippen LogP contribution is 2.58. The van der Waals surface area contributed by atoms with Gasteiger partial charge in [0.15, 0.2) is 0 Å². The molecule has 6 nitrogen and oxygen atoms in total. The lowest BCUT2D eigenvalue weighted by Crippen LogP contribution is -2.49. The minimum Gasteiger partial charge on any atom is -0.511 e. The van der Waals surface area contributed by atoms with Gasteiger partial charge >= 0.3 is 0 Å². The second-order valence-electron chi connectivity index (χ2n) is 8.97. The normalized spacial score (nSPS) is 25.0. The molecule has 2 aliphatic rings. The average molecular weight is 390 g/mol. The lowest BCUT2D eigenvalue weighted by Gasteiger charge is -2.51. The molecule has 2 N–H and O–H groups in total. The Morgan fingerprint density at radius 2 is 2.00 bits per heavy atom. The quantitative estimate of drug-likeness (QED) is 0.802. The Morgan fingerprint density at radius 3 is 2.66 bits per heavy atom. The van der Waals surface area contributed by atoms with Gasteiger partial charge in [0.2, 0.25) is 0 Å². The average Bonchev–Trinajstić information content (AvgIpc) is 3.02. The Morgan fingerprint density at radius 1 is 1.31 bits per heavy atom. The summed E-state index contributed by atoms with van der Waals surface area (Å²) in [5, 5.41) is 28.1.